The summed E-state index contributed by atoms with van der Waals surface area (Å²) in [4.78, 5) is 41.8. The highest BCUT2D eigenvalue weighted by atomic mass is 16.6. The lowest BCUT2D eigenvalue weighted by molar-refractivity contribution is -0.188. The molecule has 8 nitrogen and oxygen atoms in total. The maximum Gasteiger partial charge on any atom is 0.339 e. The normalized spacial score (nSPS) is 24.6. The van der Waals surface area contributed by atoms with Crippen LogP contribution in [0.2, 0.25) is 0 Å². The summed E-state index contributed by atoms with van der Waals surface area (Å²) in [5.41, 5.74) is 4.55. The van der Waals surface area contributed by atoms with E-state index in [0.717, 1.165) is 30.4 Å². The van der Waals surface area contributed by atoms with E-state index in [1.807, 2.05) is 39.8 Å². The van der Waals surface area contributed by atoms with Gasteiger partial charge in [-0.05, 0) is 112 Å². The fourth-order valence-electron chi connectivity index (χ4n) is 8.46. The summed E-state index contributed by atoms with van der Waals surface area (Å²) in [7, 11) is 1.58. The van der Waals surface area contributed by atoms with E-state index in [1.54, 1.807) is 19.2 Å². The molecule has 0 saturated heterocycles. The van der Waals surface area contributed by atoms with Crippen molar-refractivity contribution in [2.24, 2.45) is 5.92 Å². The largest absolute Gasteiger partial charge is 0.483 e. The van der Waals surface area contributed by atoms with E-state index in [1.165, 1.54) is 11.1 Å². The van der Waals surface area contributed by atoms with Gasteiger partial charge < -0.3 is 23.4 Å². The Morgan fingerprint density at radius 2 is 1.65 bits per heavy atom. The minimum atomic E-state index is -1.10. The molecule has 1 aliphatic carbocycles. The minimum absolute atomic E-state index is 0.0182. The molecule has 0 N–H and O–H groups in total. The van der Waals surface area contributed by atoms with E-state index >= 15 is 0 Å². The lowest BCUT2D eigenvalue weighted by Gasteiger charge is -2.43. The summed E-state index contributed by atoms with van der Waals surface area (Å²) in [6.45, 7) is 7.82. The Bertz CT molecular complexity index is 2040. The number of carbonyl (C=O) groups is 2. The van der Waals surface area contributed by atoms with Crippen LogP contribution in [0.5, 0.6) is 5.75 Å². The van der Waals surface area contributed by atoms with Crippen molar-refractivity contribution in [2.75, 3.05) is 13.7 Å². The van der Waals surface area contributed by atoms with Gasteiger partial charge in [0.25, 0.3) is 0 Å². The second kappa shape index (κ2) is 14.7. The van der Waals surface area contributed by atoms with Crippen LogP contribution in [-0.4, -0.2) is 37.4 Å². The van der Waals surface area contributed by atoms with Crippen LogP contribution in [0.15, 0.2) is 93.2 Å². The van der Waals surface area contributed by atoms with Crippen molar-refractivity contribution < 1.29 is 33.0 Å². The topological polar surface area (TPSA) is 101 Å². The third-order valence-corrected chi connectivity index (χ3v) is 11.3. The zero-order valence-corrected chi connectivity index (χ0v) is 30.7. The van der Waals surface area contributed by atoms with Crippen molar-refractivity contribution in [1.29, 1.82) is 0 Å². The molecule has 3 aromatic carbocycles. The monoisotopic (exact) mass is 704 g/mol. The van der Waals surface area contributed by atoms with Gasteiger partial charge in [0.15, 0.2) is 12.2 Å². The average Bonchev–Trinajstić information content (AvgIpc) is 3.12. The molecule has 1 aromatic heterocycles. The standard InChI is InChI=1S/C44H48O8/c1-26(2)34-18-13-27-11-14-29(15-12-27)35-19-16-30(28-9-7-6-8-10-28)23-33(35)25-37(45)49-40-38-36(52-44(3,4)41(40)51-43(34)47)20-17-31-24-32(21-22-48-5)42(46)50-39(31)38/h6-12,14-15,17,20,24,30,33,35,40-41H,13,16,18-19,21-23,25H2,1-5H3/t30-,33+,35+,40-,41+/m1/s1. The molecule has 3 aliphatic heterocycles. The minimum Gasteiger partial charge on any atom is -0.483 e. The molecular weight excluding hydrogens is 656 g/mol. The molecule has 4 heterocycles. The summed E-state index contributed by atoms with van der Waals surface area (Å²) in [6, 6.07) is 24.6. The number of aryl methyl sites for hydroxylation is 1. The lowest BCUT2D eigenvalue weighted by atomic mass is 9.68. The van der Waals surface area contributed by atoms with Gasteiger partial charge in [-0.2, -0.15) is 0 Å². The van der Waals surface area contributed by atoms with E-state index in [9.17, 15) is 14.4 Å². The Labute approximate surface area is 305 Å². The van der Waals surface area contributed by atoms with Gasteiger partial charge in [0.1, 0.15) is 16.9 Å². The predicted molar refractivity (Wildman–Crippen MR) is 199 cm³/mol. The molecule has 0 radical (unpaired) electrons. The van der Waals surface area contributed by atoms with Gasteiger partial charge >= 0.3 is 17.6 Å². The quantitative estimate of drug-likeness (QED) is 0.118. The number of hydrogen-bond acceptors (Lipinski definition) is 8. The zero-order valence-electron chi connectivity index (χ0n) is 30.7. The molecule has 4 aliphatic rings. The number of fused-ring (bicyclic) bond motifs is 11. The molecule has 272 valence electrons. The first kappa shape index (κ1) is 35.7. The van der Waals surface area contributed by atoms with Gasteiger partial charge in [-0.3, -0.25) is 4.79 Å². The molecule has 0 amide bonds. The average molecular weight is 705 g/mol. The van der Waals surface area contributed by atoms with E-state index in [4.69, 9.17) is 23.4 Å². The first-order chi connectivity index (χ1) is 25.0. The fraction of sp³-hybridized carbons (Fsp3) is 0.432. The zero-order chi connectivity index (χ0) is 36.6. The van der Waals surface area contributed by atoms with Crippen LogP contribution in [0.3, 0.4) is 0 Å². The number of ether oxygens (including phenoxy) is 4. The number of hydrogen-bond donors (Lipinski definition) is 0. The van der Waals surface area contributed by atoms with Gasteiger partial charge in [0.05, 0.1) is 12.2 Å². The van der Waals surface area contributed by atoms with Crippen molar-refractivity contribution in [3.63, 3.8) is 0 Å². The number of methoxy groups -OCH3 is 1. The number of allylic oxidation sites excluding steroid dienone is 1. The summed E-state index contributed by atoms with van der Waals surface area (Å²) in [6.07, 6.45) is 2.41. The Morgan fingerprint density at radius 3 is 2.38 bits per heavy atom. The Kier molecular flexibility index (Phi) is 10.1. The van der Waals surface area contributed by atoms with Crippen LogP contribution in [-0.2, 0) is 36.6 Å². The van der Waals surface area contributed by atoms with Crippen LogP contribution in [0.4, 0.5) is 0 Å². The third-order valence-electron chi connectivity index (χ3n) is 11.3. The number of rotatable bonds is 4. The van der Waals surface area contributed by atoms with Gasteiger partial charge in [0, 0.05) is 36.5 Å². The van der Waals surface area contributed by atoms with Crippen molar-refractivity contribution in [3.05, 3.63) is 122 Å². The molecule has 52 heavy (non-hydrogen) atoms. The highest BCUT2D eigenvalue weighted by Gasteiger charge is 2.51. The number of carbonyl (C=O) groups excluding carboxylic acids is 2. The van der Waals surface area contributed by atoms with Crippen molar-refractivity contribution in [1.82, 2.24) is 0 Å². The molecule has 2 bridgehead atoms. The van der Waals surface area contributed by atoms with E-state index in [2.05, 4.69) is 48.5 Å². The van der Waals surface area contributed by atoms with Crippen molar-refractivity contribution >= 4 is 22.9 Å². The second-order valence-electron chi connectivity index (χ2n) is 15.4. The van der Waals surface area contributed by atoms with Crippen LogP contribution in [0, 0.1) is 5.92 Å². The van der Waals surface area contributed by atoms with Gasteiger partial charge in [0.2, 0.25) is 0 Å². The predicted octanol–water partition coefficient (Wildman–Crippen LogP) is 8.69. The van der Waals surface area contributed by atoms with Gasteiger partial charge in [-0.25, -0.2) is 9.59 Å². The summed E-state index contributed by atoms with van der Waals surface area (Å²) < 4.78 is 30.6. The summed E-state index contributed by atoms with van der Waals surface area (Å²) >= 11 is 0. The van der Waals surface area contributed by atoms with Crippen molar-refractivity contribution in [3.8, 4) is 5.75 Å². The molecule has 8 heteroatoms. The molecule has 4 aromatic rings. The highest BCUT2D eigenvalue weighted by molar-refractivity contribution is 5.90. The molecular formula is C44H48O8. The van der Waals surface area contributed by atoms with Crippen LogP contribution in [0.1, 0.15) is 106 Å². The second-order valence-corrected chi connectivity index (χ2v) is 15.4. The molecule has 0 spiro atoms. The van der Waals surface area contributed by atoms with Crippen LogP contribution < -0.4 is 10.4 Å². The number of benzene rings is 3. The van der Waals surface area contributed by atoms with Gasteiger partial charge in [-0.15, -0.1) is 0 Å². The molecule has 5 atom stereocenters. The third kappa shape index (κ3) is 7.18. The molecule has 1 saturated carbocycles. The summed E-state index contributed by atoms with van der Waals surface area (Å²) in [5.74, 6) is 0.0389. The highest BCUT2D eigenvalue weighted by Crippen LogP contribution is 2.49. The summed E-state index contributed by atoms with van der Waals surface area (Å²) in [5, 5.41) is 0.645. The maximum absolute atomic E-state index is 14.4. The smallest absolute Gasteiger partial charge is 0.339 e. The first-order valence-corrected chi connectivity index (χ1v) is 18.5. The fourth-order valence-corrected chi connectivity index (χ4v) is 8.46. The Morgan fingerprint density at radius 1 is 0.885 bits per heavy atom. The van der Waals surface area contributed by atoms with E-state index in [0.29, 0.717) is 59.6 Å². The lowest BCUT2D eigenvalue weighted by Crippen LogP contribution is -2.52. The maximum atomic E-state index is 14.4. The van der Waals surface area contributed by atoms with Crippen LogP contribution in [0.25, 0.3) is 11.0 Å². The Balaban J connectivity index is 1.33. The number of esters is 2. The molecule has 1 fully saturated rings. The first-order valence-electron chi connectivity index (χ1n) is 18.5. The van der Waals surface area contributed by atoms with Gasteiger partial charge in [-0.1, -0.05) is 60.2 Å². The van der Waals surface area contributed by atoms with Crippen molar-refractivity contribution in [2.45, 2.75) is 102 Å². The van der Waals surface area contributed by atoms with E-state index < -0.39 is 35.4 Å². The Hall–Kier alpha value is -4.69. The molecule has 0 unspecified atom stereocenters. The molecule has 8 rings (SSSR count). The van der Waals surface area contributed by atoms with E-state index in [-0.39, 0.29) is 23.8 Å². The van der Waals surface area contributed by atoms with Crippen LogP contribution >= 0.6 is 0 Å². The SMILES string of the molecule is COCCc1cc2ccc3c(c2oc1=O)[C@H]1OC(=O)C[C@@H]2C[C@H](c4ccccc4)CC[C@H]2c2ccc(cc2)CCC(=C(C)C)C(=O)O[C@@H]1C(C)(C)O3.